The van der Waals surface area contributed by atoms with E-state index in [4.69, 9.17) is 5.41 Å². The van der Waals surface area contributed by atoms with Crippen LogP contribution in [-0.4, -0.2) is 17.4 Å². The highest BCUT2D eigenvalue weighted by Gasteiger charge is 2.21. The van der Waals surface area contributed by atoms with E-state index in [2.05, 4.69) is 5.32 Å². The second-order valence-corrected chi connectivity index (χ2v) is 3.25. The first-order chi connectivity index (χ1) is 6.43. The summed E-state index contributed by atoms with van der Waals surface area (Å²) < 4.78 is 0. The number of carbonyl (C=O) groups excluding carboxylic acids is 2. The Balaban J connectivity index is 3.10. The highest BCUT2D eigenvalue weighted by Crippen LogP contribution is 2.16. The van der Waals surface area contributed by atoms with E-state index in [9.17, 15) is 9.59 Å². The van der Waals surface area contributed by atoms with Gasteiger partial charge in [0.1, 0.15) is 0 Å². The molecule has 0 fully saturated rings. The number of ketones is 1. The molecule has 0 aromatic rings. The lowest BCUT2D eigenvalue weighted by Gasteiger charge is -2.16. The molecule has 0 aromatic heterocycles. The summed E-state index contributed by atoms with van der Waals surface area (Å²) in [4.78, 5) is 22.3. The van der Waals surface area contributed by atoms with E-state index in [1.165, 1.54) is 13.0 Å². The van der Waals surface area contributed by atoms with Gasteiger partial charge in [0.25, 0.3) is 0 Å². The standard InChI is InChI=1S/C10H12N2O2/c1-5-4-8(14)10(12-7(3)13)6(2)9(5)11/h4,11H,1-3H3,(H,12,13). The van der Waals surface area contributed by atoms with Gasteiger partial charge in [-0.1, -0.05) is 0 Å². The number of nitrogens with one attached hydrogen (secondary N) is 2. The molecule has 0 spiro atoms. The van der Waals surface area contributed by atoms with Crippen molar-refractivity contribution in [1.29, 1.82) is 5.41 Å². The summed E-state index contributed by atoms with van der Waals surface area (Å²) >= 11 is 0. The molecule has 74 valence electrons. The van der Waals surface area contributed by atoms with Crippen LogP contribution in [0.4, 0.5) is 0 Å². The lowest BCUT2D eigenvalue weighted by Crippen LogP contribution is -2.29. The van der Waals surface area contributed by atoms with Crippen LogP contribution in [0.15, 0.2) is 22.9 Å². The first-order valence-corrected chi connectivity index (χ1v) is 4.24. The SMILES string of the molecule is CC(=O)NC1=C(C)C(=N)C(C)=CC1=O. The van der Waals surface area contributed by atoms with Crippen LogP contribution in [0.1, 0.15) is 20.8 Å². The minimum atomic E-state index is -0.298. The maximum absolute atomic E-state index is 11.5. The molecule has 0 aliphatic heterocycles. The Morgan fingerprint density at radius 3 is 2.50 bits per heavy atom. The summed E-state index contributed by atoms with van der Waals surface area (Å²) in [7, 11) is 0. The average Bonchev–Trinajstić information content (AvgIpc) is 2.09. The number of allylic oxidation sites excluding steroid dienone is 3. The summed E-state index contributed by atoms with van der Waals surface area (Å²) in [6, 6.07) is 0. The van der Waals surface area contributed by atoms with Crippen molar-refractivity contribution in [3.05, 3.63) is 22.9 Å². The molecule has 1 aliphatic rings. The molecule has 1 aliphatic carbocycles. The molecule has 4 heteroatoms. The largest absolute Gasteiger partial charge is 0.323 e. The van der Waals surface area contributed by atoms with Crippen LogP contribution >= 0.6 is 0 Å². The van der Waals surface area contributed by atoms with Crippen molar-refractivity contribution in [3.8, 4) is 0 Å². The molecule has 1 amide bonds. The Morgan fingerprint density at radius 1 is 1.43 bits per heavy atom. The molecule has 2 N–H and O–H groups in total. The molecular formula is C10H12N2O2. The number of rotatable bonds is 1. The van der Waals surface area contributed by atoms with Crippen molar-refractivity contribution in [2.24, 2.45) is 0 Å². The highest BCUT2D eigenvalue weighted by atomic mass is 16.2. The number of amides is 1. The van der Waals surface area contributed by atoms with E-state index >= 15 is 0 Å². The second kappa shape index (κ2) is 3.57. The maximum atomic E-state index is 11.5. The zero-order chi connectivity index (χ0) is 10.9. The molecule has 0 heterocycles. The summed E-state index contributed by atoms with van der Waals surface area (Å²) in [6.45, 7) is 4.69. The van der Waals surface area contributed by atoms with E-state index in [-0.39, 0.29) is 17.4 Å². The van der Waals surface area contributed by atoms with Crippen molar-refractivity contribution in [2.45, 2.75) is 20.8 Å². The monoisotopic (exact) mass is 192 g/mol. The Hall–Kier alpha value is -1.71. The molecule has 4 nitrogen and oxygen atoms in total. The molecule has 0 atom stereocenters. The number of hydrogen-bond donors (Lipinski definition) is 2. The lowest BCUT2D eigenvalue weighted by molar-refractivity contribution is -0.120. The second-order valence-electron chi connectivity index (χ2n) is 3.25. The zero-order valence-corrected chi connectivity index (χ0v) is 8.39. The fourth-order valence-corrected chi connectivity index (χ4v) is 1.28. The van der Waals surface area contributed by atoms with Gasteiger partial charge in [0.2, 0.25) is 11.7 Å². The van der Waals surface area contributed by atoms with Crippen molar-refractivity contribution in [1.82, 2.24) is 5.32 Å². The first-order valence-electron chi connectivity index (χ1n) is 4.24. The quantitative estimate of drug-likeness (QED) is 0.607. The van der Waals surface area contributed by atoms with Gasteiger partial charge in [0, 0.05) is 12.5 Å². The Labute approximate surface area is 82.2 Å². The van der Waals surface area contributed by atoms with Crippen molar-refractivity contribution < 1.29 is 9.59 Å². The first kappa shape index (κ1) is 10.4. The van der Waals surface area contributed by atoms with Gasteiger partial charge >= 0.3 is 0 Å². The van der Waals surface area contributed by atoms with Crippen LogP contribution in [0.25, 0.3) is 0 Å². The third-order valence-corrected chi connectivity index (χ3v) is 2.04. The molecule has 0 bridgehead atoms. The van der Waals surface area contributed by atoms with Crippen LogP contribution in [0.2, 0.25) is 0 Å². The smallest absolute Gasteiger partial charge is 0.221 e. The maximum Gasteiger partial charge on any atom is 0.221 e. The van der Waals surface area contributed by atoms with Gasteiger partial charge in [-0.05, 0) is 25.5 Å². The number of hydrogen-bond acceptors (Lipinski definition) is 3. The summed E-state index contributed by atoms with van der Waals surface area (Å²) in [5.74, 6) is -0.542. The van der Waals surface area contributed by atoms with Gasteiger partial charge in [-0.25, -0.2) is 0 Å². The van der Waals surface area contributed by atoms with Crippen molar-refractivity contribution in [2.75, 3.05) is 0 Å². The van der Waals surface area contributed by atoms with E-state index in [0.29, 0.717) is 16.9 Å². The molecular weight excluding hydrogens is 180 g/mol. The van der Waals surface area contributed by atoms with E-state index in [0.717, 1.165) is 0 Å². The molecule has 0 radical (unpaired) electrons. The van der Waals surface area contributed by atoms with Gasteiger partial charge in [0.15, 0.2) is 0 Å². The lowest BCUT2D eigenvalue weighted by atomic mass is 9.94. The summed E-state index contributed by atoms with van der Waals surface area (Å²) in [6.07, 6.45) is 1.36. The van der Waals surface area contributed by atoms with Crippen LogP contribution in [-0.2, 0) is 9.59 Å². The van der Waals surface area contributed by atoms with Crippen LogP contribution < -0.4 is 5.32 Å². The van der Waals surface area contributed by atoms with Gasteiger partial charge in [0.05, 0.1) is 11.4 Å². The Bertz CT molecular complexity index is 389. The Morgan fingerprint density at radius 2 is 2.00 bits per heavy atom. The van der Waals surface area contributed by atoms with E-state index < -0.39 is 0 Å². The third kappa shape index (κ3) is 1.79. The van der Waals surface area contributed by atoms with Crippen LogP contribution in [0.5, 0.6) is 0 Å². The fourth-order valence-electron chi connectivity index (χ4n) is 1.28. The normalized spacial score (nSPS) is 16.9. The van der Waals surface area contributed by atoms with E-state index in [1.807, 2.05) is 0 Å². The van der Waals surface area contributed by atoms with Gasteiger partial charge in [-0.15, -0.1) is 0 Å². The molecule has 0 unspecified atom stereocenters. The topological polar surface area (TPSA) is 70.0 Å². The minimum Gasteiger partial charge on any atom is -0.323 e. The minimum absolute atomic E-state index is 0.216. The number of carbonyl (C=O) groups is 2. The zero-order valence-electron chi connectivity index (χ0n) is 8.39. The third-order valence-electron chi connectivity index (χ3n) is 2.04. The molecule has 14 heavy (non-hydrogen) atoms. The predicted octanol–water partition coefficient (Wildman–Crippen LogP) is 0.945. The van der Waals surface area contributed by atoms with E-state index in [1.54, 1.807) is 13.8 Å². The highest BCUT2D eigenvalue weighted by molar-refractivity contribution is 6.23. The van der Waals surface area contributed by atoms with Crippen LogP contribution in [0.3, 0.4) is 0 Å². The summed E-state index contributed by atoms with van der Waals surface area (Å²) in [5, 5.41) is 10.1. The molecule has 0 saturated carbocycles. The molecule has 1 rings (SSSR count). The van der Waals surface area contributed by atoms with Gasteiger partial charge < -0.3 is 10.7 Å². The fraction of sp³-hybridized carbons (Fsp3) is 0.300. The summed E-state index contributed by atoms with van der Waals surface area (Å²) in [5.41, 5.74) is 1.66. The Kier molecular flexibility index (Phi) is 2.65. The van der Waals surface area contributed by atoms with Gasteiger partial charge in [-0.3, -0.25) is 9.59 Å². The van der Waals surface area contributed by atoms with Crippen LogP contribution in [0, 0.1) is 5.41 Å². The van der Waals surface area contributed by atoms with Gasteiger partial charge in [-0.2, -0.15) is 0 Å². The molecule has 0 aromatic carbocycles. The van der Waals surface area contributed by atoms with Crippen molar-refractivity contribution in [3.63, 3.8) is 0 Å². The predicted molar refractivity (Wildman–Crippen MR) is 53.0 cm³/mol. The average molecular weight is 192 g/mol. The van der Waals surface area contributed by atoms with Crippen molar-refractivity contribution >= 4 is 17.4 Å². The molecule has 0 saturated heterocycles.